The molecule has 1 rings (SSSR count). The molecule has 0 aromatic carbocycles. The van der Waals surface area contributed by atoms with Crippen molar-refractivity contribution in [1.29, 1.82) is 0 Å². The normalized spacial score (nSPS) is 23.2. The minimum absolute atomic E-state index is 0.743. The predicted octanol–water partition coefficient (Wildman–Crippen LogP) is 3.98. The summed E-state index contributed by atoms with van der Waals surface area (Å²) in [5, 5.41) is 3.83. The van der Waals surface area contributed by atoms with Gasteiger partial charge in [0.2, 0.25) is 0 Å². The van der Waals surface area contributed by atoms with Crippen LogP contribution in [0.2, 0.25) is 0 Å². The van der Waals surface area contributed by atoms with Crippen LogP contribution in [0, 0.1) is 11.8 Å². The van der Waals surface area contributed by atoms with Crippen molar-refractivity contribution in [3.63, 3.8) is 0 Å². The lowest BCUT2D eigenvalue weighted by atomic mass is 9.80. The monoisotopic (exact) mass is 211 g/mol. The zero-order valence-electron chi connectivity index (χ0n) is 11.1. The molecule has 1 aliphatic carbocycles. The summed E-state index contributed by atoms with van der Waals surface area (Å²) < 4.78 is 0. The van der Waals surface area contributed by atoms with Crippen molar-refractivity contribution >= 4 is 0 Å². The Morgan fingerprint density at radius 3 is 2.20 bits per heavy atom. The molecule has 0 amide bonds. The predicted molar refractivity (Wildman–Crippen MR) is 68.1 cm³/mol. The molecule has 1 N–H and O–H groups in total. The summed E-state index contributed by atoms with van der Waals surface area (Å²) in [5.41, 5.74) is 0. The van der Waals surface area contributed by atoms with E-state index in [2.05, 4.69) is 33.0 Å². The van der Waals surface area contributed by atoms with Crippen LogP contribution >= 0.6 is 0 Å². The van der Waals surface area contributed by atoms with Gasteiger partial charge in [-0.05, 0) is 44.4 Å². The van der Waals surface area contributed by atoms with Crippen molar-refractivity contribution in [3.05, 3.63) is 0 Å². The van der Waals surface area contributed by atoms with Crippen LogP contribution in [0.1, 0.15) is 66.2 Å². The van der Waals surface area contributed by atoms with Crippen molar-refractivity contribution in [1.82, 2.24) is 5.32 Å². The standard InChI is InChI=1S/C14H29N/c1-5-11(3)10-14(6-2)15-12(4)13-8-7-9-13/h11-15H,5-10H2,1-4H3. The summed E-state index contributed by atoms with van der Waals surface area (Å²) in [4.78, 5) is 0. The van der Waals surface area contributed by atoms with E-state index in [-0.39, 0.29) is 0 Å². The van der Waals surface area contributed by atoms with Gasteiger partial charge in [-0.2, -0.15) is 0 Å². The summed E-state index contributed by atoms with van der Waals surface area (Å²) in [6, 6.07) is 1.49. The van der Waals surface area contributed by atoms with Gasteiger partial charge in [-0.25, -0.2) is 0 Å². The third-order valence-corrected chi connectivity index (χ3v) is 4.23. The van der Waals surface area contributed by atoms with E-state index in [9.17, 15) is 0 Å². The Morgan fingerprint density at radius 1 is 1.13 bits per heavy atom. The summed E-state index contributed by atoms with van der Waals surface area (Å²) in [5.74, 6) is 1.84. The van der Waals surface area contributed by atoms with Gasteiger partial charge in [0.25, 0.3) is 0 Å². The Balaban J connectivity index is 2.25. The quantitative estimate of drug-likeness (QED) is 0.671. The molecule has 0 aliphatic heterocycles. The van der Waals surface area contributed by atoms with E-state index >= 15 is 0 Å². The fourth-order valence-corrected chi connectivity index (χ4v) is 2.45. The van der Waals surface area contributed by atoms with Gasteiger partial charge in [0.05, 0.1) is 0 Å². The second kappa shape index (κ2) is 6.52. The zero-order valence-corrected chi connectivity index (χ0v) is 11.1. The molecule has 3 unspecified atom stereocenters. The molecule has 1 heteroatoms. The van der Waals surface area contributed by atoms with Gasteiger partial charge in [0, 0.05) is 12.1 Å². The molecule has 0 aromatic rings. The summed E-state index contributed by atoms with van der Waals surface area (Å²) in [7, 11) is 0. The SMILES string of the molecule is CCC(C)CC(CC)NC(C)C1CCC1. The summed E-state index contributed by atoms with van der Waals surface area (Å²) >= 11 is 0. The average Bonchev–Trinajstić information content (AvgIpc) is 2.13. The van der Waals surface area contributed by atoms with Crippen LogP contribution < -0.4 is 5.32 Å². The first-order valence-electron chi connectivity index (χ1n) is 6.93. The third kappa shape index (κ3) is 4.14. The van der Waals surface area contributed by atoms with Crippen LogP contribution in [0.3, 0.4) is 0 Å². The van der Waals surface area contributed by atoms with Crippen LogP contribution in [0.25, 0.3) is 0 Å². The van der Waals surface area contributed by atoms with Crippen molar-refractivity contribution in [2.24, 2.45) is 11.8 Å². The van der Waals surface area contributed by atoms with E-state index in [0.717, 1.165) is 23.9 Å². The number of hydrogen-bond acceptors (Lipinski definition) is 1. The Morgan fingerprint density at radius 2 is 1.80 bits per heavy atom. The Hall–Kier alpha value is -0.0400. The fraction of sp³-hybridized carbons (Fsp3) is 1.00. The molecular weight excluding hydrogens is 182 g/mol. The molecule has 1 nitrogen and oxygen atoms in total. The van der Waals surface area contributed by atoms with E-state index in [1.807, 2.05) is 0 Å². The van der Waals surface area contributed by atoms with E-state index in [1.54, 1.807) is 0 Å². The van der Waals surface area contributed by atoms with Crippen molar-refractivity contribution < 1.29 is 0 Å². The lowest BCUT2D eigenvalue weighted by Gasteiger charge is -2.35. The first kappa shape index (κ1) is 13.0. The van der Waals surface area contributed by atoms with Gasteiger partial charge in [-0.1, -0.05) is 33.6 Å². The van der Waals surface area contributed by atoms with Crippen LogP contribution in [0.15, 0.2) is 0 Å². The molecule has 0 aromatic heterocycles. The highest BCUT2D eigenvalue weighted by molar-refractivity contribution is 4.82. The van der Waals surface area contributed by atoms with E-state index in [4.69, 9.17) is 0 Å². The minimum Gasteiger partial charge on any atom is -0.311 e. The van der Waals surface area contributed by atoms with Crippen LogP contribution in [-0.2, 0) is 0 Å². The molecule has 1 fully saturated rings. The smallest absolute Gasteiger partial charge is 0.00695 e. The van der Waals surface area contributed by atoms with E-state index in [0.29, 0.717) is 0 Å². The van der Waals surface area contributed by atoms with Crippen molar-refractivity contribution in [3.8, 4) is 0 Å². The van der Waals surface area contributed by atoms with Gasteiger partial charge in [0.15, 0.2) is 0 Å². The largest absolute Gasteiger partial charge is 0.311 e. The number of nitrogens with one attached hydrogen (secondary N) is 1. The second-order valence-electron chi connectivity index (χ2n) is 5.50. The Bertz CT molecular complexity index is 163. The molecule has 90 valence electrons. The highest BCUT2D eigenvalue weighted by Crippen LogP contribution is 2.30. The molecule has 1 aliphatic rings. The Kier molecular flexibility index (Phi) is 5.66. The Labute approximate surface area is 96.0 Å². The first-order valence-corrected chi connectivity index (χ1v) is 6.93. The van der Waals surface area contributed by atoms with E-state index < -0.39 is 0 Å². The van der Waals surface area contributed by atoms with Crippen LogP contribution in [0.4, 0.5) is 0 Å². The van der Waals surface area contributed by atoms with Gasteiger partial charge in [0.1, 0.15) is 0 Å². The van der Waals surface area contributed by atoms with E-state index in [1.165, 1.54) is 38.5 Å². The van der Waals surface area contributed by atoms with Crippen molar-refractivity contribution in [2.75, 3.05) is 0 Å². The average molecular weight is 211 g/mol. The fourth-order valence-electron chi connectivity index (χ4n) is 2.45. The molecule has 15 heavy (non-hydrogen) atoms. The van der Waals surface area contributed by atoms with Crippen LogP contribution in [-0.4, -0.2) is 12.1 Å². The molecule has 0 spiro atoms. The molecule has 0 bridgehead atoms. The van der Waals surface area contributed by atoms with Gasteiger partial charge in [-0.3, -0.25) is 0 Å². The zero-order chi connectivity index (χ0) is 11.3. The topological polar surface area (TPSA) is 12.0 Å². The maximum atomic E-state index is 3.83. The summed E-state index contributed by atoms with van der Waals surface area (Å²) in [6.45, 7) is 9.36. The maximum Gasteiger partial charge on any atom is 0.00695 e. The molecule has 1 saturated carbocycles. The lowest BCUT2D eigenvalue weighted by molar-refractivity contribution is 0.215. The highest BCUT2D eigenvalue weighted by atomic mass is 15.0. The first-order chi connectivity index (χ1) is 7.17. The lowest BCUT2D eigenvalue weighted by Crippen LogP contribution is -2.43. The van der Waals surface area contributed by atoms with Gasteiger partial charge in [-0.15, -0.1) is 0 Å². The number of rotatable bonds is 7. The molecule has 3 atom stereocenters. The minimum atomic E-state index is 0.743. The molecular formula is C14H29N. The van der Waals surface area contributed by atoms with Crippen molar-refractivity contribution in [2.45, 2.75) is 78.3 Å². The molecule has 0 radical (unpaired) electrons. The highest BCUT2D eigenvalue weighted by Gasteiger charge is 2.25. The number of hydrogen-bond donors (Lipinski definition) is 1. The van der Waals surface area contributed by atoms with Gasteiger partial charge >= 0.3 is 0 Å². The van der Waals surface area contributed by atoms with Gasteiger partial charge < -0.3 is 5.32 Å². The van der Waals surface area contributed by atoms with Crippen LogP contribution in [0.5, 0.6) is 0 Å². The maximum absolute atomic E-state index is 3.83. The summed E-state index contributed by atoms with van der Waals surface area (Å²) in [6.07, 6.45) is 8.31. The second-order valence-corrected chi connectivity index (χ2v) is 5.50. The molecule has 0 heterocycles. The molecule has 0 saturated heterocycles. The third-order valence-electron chi connectivity index (χ3n) is 4.23.